The number of nitrogens with one attached hydrogen (secondary N) is 1. The van der Waals surface area contributed by atoms with Crippen LogP contribution in [0.3, 0.4) is 0 Å². The van der Waals surface area contributed by atoms with Crippen LogP contribution in [-0.4, -0.2) is 41.6 Å². The van der Waals surface area contributed by atoms with Gasteiger partial charge in [-0.15, -0.1) is 0 Å². The first-order valence-corrected chi connectivity index (χ1v) is 6.22. The number of aromatic amines is 1. The number of ketones is 1. The van der Waals surface area contributed by atoms with E-state index in [1.165, 1.54) is 7.11 Å². The van der Waals surface area contributed by atoms with E-state index in [-0.39, 0.29) is 19.0 Å². The number of anilines is 1. The Balaban J connectivity index is 3.04. The maximum absolute atomic E-state index is 11.9. The van der Waals surface area contributed by atoms with Crippen LogP contribution in [-0.2, 0) is 20.8 Å². The second-order valence-electron chi connectivity index (χ2n) is 4.19. The van der Waals surface area contributed by atoms with E-state index < -0.39 is 35.2 Å². The van der Waals surface area contributed by atoms with Crippen molar-refractivity contribution in [2.24, 2.45) is 0 Å². The Hall–Kier alpha value is -2.42. The summed E-state index contributed by atoms with van der Waals surface area (Å²) in [4.78, 5) is 48.3. The lowest BCUT2D eigenvalue weighted by atomic mass is 10.2. The van der Waals surface area contributed by atoms with Crippen LogP contribution >= 0.6 is 0 Å². The molecule has 0 aromatic carbocycles. The molecule has 21 heavy (non-hydrogen) atoms. The summed E-state index contributed by atoms with van der Waals surface area (Å²) >= 11 is 0. The number of nitrogens with two attached hydrogens (primary N) is 1. The molecule has 0 aliphatic heterocycles. The Morgan fingerprint density at radius 2 is 1.95 bits per heavy atom. The number of esters is 1. The summed E-state index contributed by atoms with van der Waals surface area (Å²) in [6.45, 7) is 1.10. The number of methoxy groups -OCH3 is 1. The number of nitrogen functional groups attached to an aromatic ring is 1. The first-order chi connectivity index (χ1) is 9.92. The van der Waals surface area contributed by atoms with Crippen molar-refractivity contribution in [3.63, 3.8) is 0 Å². The van der Waals surface area contributed by atoms with Gasteiger partial charge in [0.15, 0.2) is 6.61 Å². The fourth-order valence-electron chi connectivity index (χ4n) is 1.68. The quantitative estimate of drug-likeness (QED) is 0.482. The maximum Gasteiger partial charge on any atom is 0.332 e. The van der Waals surface area contributed by atoms with Crippen molar-refractivity contribution < 1.29 is 19.1 Å². The summed E-state index contributed by atoms with van der Waals surface area (Å²) < 4.78 is 10.3. The average molecular weight is 299 g/mol. The van der Waals surface area contributed by atoms with Gasteiger partial charge in [0.1, 0.15) is 18.0 Å². The predicted molar refractivity (Wildman–Crippen MR) is 73.2 cm³/mol. The molecule has 1 heterocycles. The number of hydrogen-bond donors (Lipinski definition) is 2. The molecule has 0 bridgehead atoms. The summed E-state index contributed by atoms with van der Waals surface area (Å²) in [7, 11) is 1.30. The minimum Gasteiger partial charge on any atom is -0.456 e. The van der Waals surface area contributed by atoms with E-state index in [0.29, 0.717) is 6.42 Å². The summed E-state index contributed by atoms with van der Waals surface area (Å²) in [5.41, 5.74) is 3.71. The molecule has 0 fully saturated rings. The van der Waals surface area contributed by atoms with Gasteiger partial charge in [-0.25, -0.2) is 9.59 Å². The minimum absolute atomic E-state index is 0.238. The molecule has 1 aromatic heterocycles. The van der Waals surface area contributed by atoms with Crippen molar-refractivity contribution in [1.82, 2.24) is 9.55 Å². The Morgan fingerprint density at radius 1 is 1.29 bits per heavy atom. The molecular formula is C12H17N3O6. The zero-order valence-electron chi connectivity index (χ0n) is 11.8. The number of hydrogen-bond acceptors (Lipinski definition) is 7. The van der Waals surface area contributed by atoms with Crippen LogP contribution < -0.4 is 17.0 Å². The Kier molecular flexibility index (Phi) is 5.85. The number of Topliss-reactive ketones (excluding diaryl/α,β-unsaturated/α-hetero) is 1. The smallest absolute Gasteiger partial charge is 0.332 e. The molecule has 9 nitrogen and oxygen atoms in total. The van der Waals surface area contributed by atoms with Crippen molar-refractivity contribution in [2.45, 2.75) is 19.9 Å². The molecular weight excluding hydrogens is 282 g/mol. The number of aromatic nitrogens is 2. The third kappa shape index (κ3) is 4.02. The van der Waals surface area contributed by atoms with E-state index in [0.717, 1.165) is 4.57 Å². The van der Waals surface area contributed by atoms with Crippen LogP contribution in [0.1, 0.15) is 23.7 Å². The van der Waals surface area contributed by atoms with Crippen molar-refractivity contribution in [3.8, 4) is 0 Å². The maximum atomic E-state index is 11.9. The van der Waals surface area contributed by atoms with Crippen LogP contribution in [0.25, 0.3) is 0 Å². The molecule has 0 radical (unpaired) electrons. The van der Waals surface area contributed by atoms with Gasteiger partial charge in [0.05, 0.1) is 0 Å². The number of carbonyl (C=O) groups is 2. The highest BCUT2D eigenvalue weighted by Gasteiger charge is 2.20. The lowest BCUT2D eigenvalue weighted by molar-refractivity contribution is -0.146. The molecule has 0 saturated carbocycles. The summed E-state index contributed by atoms with van der Waals surface area (Å²) in [5, 5.41) is 0. The van der Waals surface area contributed by atoms with E-state index in [1.807, 2.05) is 11.9 Å². The average Bonchev–Trinajstić information content (AvgIpc) is 2.41. The first-order valence-electron chi connectivity index (χ1n) is 6.22. The molecule has 1 aromatic rings. The topological polar surface area (TPSA) is 133 Å². The molecule has 0 amide bonds. The van der Waals surface area contributed by atoms with E-state index >= 15 is 0 Å². The molecule has 3 N–H and O–H groups in total. The molecule has 116 valence electrons. The first kappa shape index (κ1) is 16.6. The largest absolute Gasteiger partial charge is 0.456 e. The monoisotopic (exact) mass is 299 g/mol. The summed E-state index contributed by atoms with van der Waals surface area (Å²) in [6.07, 6.45) is 0.590. The molecule has 9 heteroatoms. The Labute approximate surface area is 119 Å². The fourth-order valence-corrected chi connectivity index (χ4v) is 1.68. The predicted octanol–water partition coefficient (Wildman–Crippen LogP) is -1.10. The summed E-state index contributed by atoms with van der Waals surface area (Å²) in [6, 6.07) is 0. The van der Waals surface area contributed by atoms with Crippen molar-refractivity contribution >= 4 is 17.6 Å². The Morgan fingerprint density at radius 3 is 2.52 bits per heavy atom. The minimum atomic E-state index is -0.905. The number of H-pyrrole nitrogens is 1. The van der Waals surface area contributed by atoms with Crippen LogP contribution in [0.5, 0.6) is 0 Å². The SMILES string of the molecule is CCCn1c(N)c(C(=O)COC(=O)COC)c(=O)[nH]c1=O. The van der Waals surface area contributed by atoms with Gasteiger partial charge in [-0.05, 0) is 6.42 Å². The highest BCUT2D eigenvalue weighted by atomic mass is 16.6. The van der Waals surface area contributed by atoms with Crippen molar-refractivity contribution in [1.29, 1.82) is 0 Å². The molecule has 0 aliphatic carbocycles. The molecule has 1 rings (SSSR count). The van der Waals surface area contributed by atoms with Gasteiger partial charge in [0, 0.05) is 13.7 Å². The lowest BCUT2D eigenvalue weighted by Gasteiger charge is -2.11. The van der Waals surface area contributed by atoms with Gasteiger partial charge in [-0.3, -0.25) is 19.1 Å². The molecule has 0 saturated heterocycles. The van der Waals surface area contributed by atoms with Crippen molar-refractivity contribution in [2.75, 3.05) is 26.1 Å². The van der Waals surface area contributed by atoms with Gasteiger partial charge in [0.25, 0.3) is 5.56 Å². The van der Waals surface area contributed by atoms with Gasteiger partial charge in [-0.2, -0.15) is 0 Å². The molecule has 0 unspecified atom stereocenters. The second-order valence-corrected chi connectivity index (χ2v) is 4.19. The van der Waals surface area contributed by atoms with Crippen molar-refractivity contribution in [3.05, 3.63) is 26.4 Å². The normalized spacial score (nSPS) is 10.4. The van der Waals surface area contributed by atoms with Crippen LogP contribution in [0.4, 0.5) is 5.82 Å². The van der Waals surface area contributed by atoms with Gasteiger partial charge < -0.3 is 15.2 Å². The zero-order chi connectivity index (χ0) is 16.0. The molecule has 0 atom stereocenters. The highest BCUT2D eigenvalue weighted by Crippen LogP contribution is 2.06. The standard InChI is InChI=1S/C12H17N3O6/c1-3-4-15-10(13)9(11(18)14-12(15)19)7(16)5-21-8(17)6-20-2/h3-6,13H2,1-2H3,(H,14,18,19). The number of ether oxygens (including phenoxy) is 2. The van der Waals surface area contributed by atoms with E-state index in [1.54, 1.807) is 0 Å². The lowest BCUT2D eigenvalue weighted by Crippen LogP contribution is -2.37. The van der Waals surface area contributed by atoms with Crippen LogP contribution in [0, 0.1) is 0 Å². The second kappa shape index (κ2) is 7.39. The van der Waals surface area contributed by atoms with Gasteiger partial charge >= 0.3 is 11.7 Å². The molecule has 0 spiro atoms. The van der Waals surface area contributed by atoms with Gasteiger partial charge in [-0.1, -0.05) is 6.92 Å². The third-order valence-corrected chi connectivity index (χ3v) is 2.59. The van der Waals surface area contributed by atoms with Crippen LogP contribution in [0.15, 0.2) is 9.59 Å². The third-order valence-electron chi connectivity index (χ3n) is 2.59. The van der Waals surface area contributed by atoms with Gasteiger partial charge in [0.2, 0.25) is 5.78 Å². The number of carbonyl (C=O) groups excluding carboxylic acids is 2. The fraction of sp³-hybridized carbons (Fsp3) is 0.500. The zero-order valence-corrected chi connectivity index (χ0v) is 11.8. The van der Waals surface area contributed by atoms with E-state index in [4.69, 9.17) is 5.73 Å². The van der Waals surface area contributed by atoms with Crippen LogP contribution in [0.2, 0.25) is 0 Å². The Bertz CT molecular complexity index is 645. The van der Waals surface area contributed by atoms with E-state index in [2.05, 4.69) is 9.47 Å². The van der Waals surface area contributed by atoms with E-state index in [9.17, 15) is 19.2 Å². The highest BCUT2D eigenvalue weighted by molar-refractivity contribution is 6.01. The summed E-state index contributed by atoms with van der Waals surface area (Å²) in [5.74, 6) is -1.77. The molecule has 0 aliphatic rings. The number of nitrogens with zero attached hydrogens (tertiary/aromatic N) is 1. The number of rotatable bonds is 7.